The van der Waals surface area contributed by atoms with Gasteiger partial charge in [-0.2, -0.15) is 14.0 Å². The van der Waals surface area contributed by atoms with Crippen molar-refractivity contribution in [2.75, 3.05) is 0 Å². The summed E-state index contributed by atoms with van der Waals surface area (Å²) in [7, 11) is 0. The molecule has 0 bridgehead atoms. The number of rotatable bonds is 4. The van der Waals surface area contributed by atoms with Crippen molar-refractivity contribution in [1.29, 1.82) is 5.26 Å². The van der Waals surface area contributed by atoms with Crippen LogP contribution in [-0.4, -0.2) is 11.6 Å². The molecule has 3 nitrogen and oxygen atoms in total. The number of fused-ring (bicyclic) bond motifs is 1. The molecule has 1 heterocycles. The Bertz CT molecular complexity index is 930. The van der Waals surface area contributed by atoms with Crippen LogP contribution in [0.4, 0.5) is 8.78 Å². The summed E-state index contributed by atoms with van der Waals surface area (Å²) in [6.07, 6.45) is 1.50. The minimum absolute atomic E-state index is 0.00191. The Balaban J connectivity index is 2.07. The van der Waals surface area contributed by atoms with E-state index in [1.807, 2.05) is 24.3 Å². The van der Waals surface area contributed by atoms with Gasteiger partial charge in [-0.15, -0.1) is 11.3 Å². The SMILES string of the molecule is N#C/C(=C\c1cc(Br)ccc1OC(F)F)c1nc2ccccc2s1. The molecule has 0 unspecified atom stereocenters. The van der Waals surface area contributed by atoms with Crippen molar-refractivity contribution in [3.05, 3.63) is 57.5 Å². The number of nitriles is 1. The van der Waals surface area contributed by atoms with Crippen LogP contribution in [0, 0.1) is 11.3 Å². The molecule has 3 rings (SSSR count). The van der Waals surface area contributed by atoms with Crippen LogP contribution >= 0.6 is 27.3 Å². The van der Waals surface area contributed by atoms with Crippen LogP contribution in [0.3, 0.4) is 0 Å². The number of halogens is 3. The largest absolute Gasteiger partial charge is 0.434 e. The molecule has 0 aliphatic rings. The van der Waals surface area contributed by atoms with E-state index < -0.39 is 6.61 Å². The molecule has 0 saturated carbocycles. The number of thiazole rings is 1. The van der Waals surface area contributed by atoms with Gasteiger partial charge < -0.3 is 4.74 Å². The first-order chi connectivity index (χ1) is 11.6. The third kappa shape index (κ3) is 3.61. The van der Waals surface area contributed by atoms with Crippen molar-refractivity contribution in [1.82, 2.24) is 4.98 Å². The predicted octanol–water partition coefficient (Wildman–Crippen LogP) is 5.72. The number of alkyl halides is 2. The molecule has 0 spiro atoms. The summed E-state index contributed by atoms with van der Waals surface area (Å²) in [5, 5.41) is 9.99. The zero-order chi connectivity index (χ0) is 17.1. The second-order valence-corrected chi connectivity index (χ2v) is 6.66. The lowest BCUT2D eigenvalue weighted by molar-refractivity contribution is -0.0499. The molecular weight excluding hydrogens is 398 g/mol. The number of hydrogen-bond donors (Lipinski definition) is 0. The van der Waals surface area contributed by atoms with Gasteiger partial charge in [0, 0.05) is 10.0 Å². The first-order valence-electron chi connectivity index (χ1n) is 6.79. The molecule has 0 amide bonds. The smallest absolute Gasteiger partial charge is 0.387 e. The maximum atomic E-state index is 12.6. The summed E-state index contributed by atoms with van der Waals surface area (Å²) in [6.45, 7) is -2.94. The lowest BCUT2D eigenvalue weighted by Crippen LogP contribution is -2.03. The Morgan fingerprint density at radius 3 is 2.79 bits per heavy atom. The number of para-hydroxylation sites is 1. The molecule has 0 fully saturated rings. The molecule has 1 aromatic heterocycles. The van der Waals surface area contributed by atoms with Gasteiger partial charge in [-0.1, -0.05) is 28.1 Å². The maximum absolute atomic E-state index is 12.6. The molecule has 24 heavy (non-hydrogen) atoms. The van der Waals surface area contributed by atoms with E-state index in [1.54, 1.807) is 12.1 Å². The average Bonchev–Trinajstić information content (AvgIpc) is 2.98. The summed E-state index contributed by atoms with van der Waals surface area (Å²) >= 11 is 4.66. The van der Waals surface area contributed by atoms with Gasteiger partial charge in [-0.05, 0) is 36.4 Å². The second-order valence-electron chi connectivity index (χ2n) is 4.72. The van der Waals surface area contributed by atoms with Crippen LogP contribution in [0.15, 0.2) is 46.9 Å². The lowest BCUT2D eigenvalue weighted by atomic mass is 10.1. The molecule has 0 atom stereocenters. The standard InChI is InChI=1S/C17H9BrF2N2OS/c18-12-5-6-14(23-17(19)20)10(8-12)7-11(9-21)16-22-13-3-1-2-4-15(13)24-16/h1-8,17H/b11-7+. The van der Waals surface area contributed by atoms with Gasteiger partial charge in [0.1, 0.15) is 16.8 Å². The minimum Gasteiger partial charge on any atom is -0.434 e. The number of benzene rings is 2. The zero-order valence-electron chi connectivity index (χ0n) is 12.0. The normalized spacial score (nSPS) is 11.7. The number of allylic oxidation sites excluding steroid dienone is 1. The molecular formula is C17H9BrF2N2OS. The molecule has 120 valence electrons. The van der Waals surface area contributed by atoms with Crippen molar-refractivity contribution in [2.45, 2.75) is 6.61 Å². The number of aromatic nitrogens is 1. The van der Waals surface area contributed by atoms with Crippen molar-refractivity contribution in [3.63, 3.8) is 0 Å². The third-order valence-corrected chi connectivity index (χ3v) is 4.70. The maximum Gasteiger partial charge on any atom is 0.387 e. The van der Waals surface area contributed by atoms with Gasteiger partial charge >= 0.3 is 6.61 Å². The minimum atomic E-state index is -2.94. The van der Waals surface area contributed by atoms with Gasteiger partial charge in [0.25, 0.3) is 0 Å². The summed E-state index contributed by atoms with van der Waals surface area (Å²) in [5.74, 6) is 0.00191. The molecule has 3 aromatic rings. The molecule has 0 aliphatic carbocycles. The van der Waals surface area contributed by atoms with Crippen LogP contribution in [0.5, 0.6) is 5.75 Å². The van der Waals surface area contributed by atoms with E-state index in [2.05, 4.69) is 31.7 Å². The van der Waals surface area contributed by atoms with Crippen LogP contribution in [-0.2, 0) is 0 Å². The molecule has 7 heteroatoms. The Kier molecular flexibility index (Phi) is 4.88. The highest BCUT2D eigenvalue weighted by molar-refractivity contribution is 9.10. The van der Waals surface area contributed by atoms with Crippen molar-refractivity contribution < 1.29 is 13.5 Å². The third-order valence-electron chi connectivity index (χ3n) is 3.13. The quantitative estimate of drug-likeness (QED) is 0.520. The number of ether oxygens (including phenoxy) is 1. The zero-order valence-corrected chi connectivity index (χ0v) is 14.4. The predicted molar refractivity (Wildman–Crippen MR) is 93.9 cm³/mol. The van der Waals surface area contributed by atoms with E-state index in [-0.39, 0.29) is 11.3 Å². The molecule has 2 aromatic carbocycles. The Morgan fingerprint density at radius 2 is 2.08 bits per heavy atom. The summed E-state index contributed by atoms with van der Waals surface area (Å²) in [5.41, 5.74) is 1.45. The summed E-state index contributed by atoms with van der Waals surface area (Å²) in [6, 6.07) is 14.2. The van der Waals surface area contributed by atoms with Gasteiger partial charge in [0.05, 0.1) is 15.8 Å². The van der Waals surface area contributed by atoms with Crippen LogP contribution in [0.25, 0.3) is 21.9 Å². The van der Waals surface area contributed by atoms with Gasteiger partial charge in [-0.3, -0.25) is 0 Å². The van der Waals surface area contributed by atoms with Crippen molar-refractivity contribution in [3.8, 4) is 11.8 Å². The van der Waals surface area contributed by atoms with Gasteiger partial charge in [0.15, 0.2) is 0 Å². The second kappa shape index (κ2) is 7.07. The Hall–Kier alpha value is -2.30. The molecule has 0 radical (unpaired) electrons. The fraction of sp³-hybridized carbons (Fsp3) is 0.0588. The Labute approximate surface area is 149 Å². The highest BCUT2D eigenvalue weighted by Gasteiger charge is 2.13. The molecule has 0 N–H and O–H groups in total. The van der Waals surface area contributed by atoms with E-state index in [1.165, 1.54) is 23.5 Å². The van der Waals surface area contributed by atoms with E-state index in [0.717, 1.165) is 10.2 Å². The van der Waals surface area contributed by atoms with Crippen molar-refractivity contribution in [2.24, 2.45) is 0 Å². The first kappa shape index (κ1) is 16.6. The highest BCUT2D eigenvalue weighted by Crippen LogP contribution is 2.31. The fourth-order valence-corrected chi connectivity index (χ4v) is 3.43. The topological polar surface area (TPSA) is 45.9 Å². The van der Waals surface area contributed by atoms with E-state index in [4.69, 9.17) is 0 Å². The van der Waals surface area contributed by atoms with Gasteiger partial charge in [-0.25, -0.2) is 4.98 Å². The molecule has 0 aliphatic heterocycles. The van der Waals surface area contributed by atoms with E-state index in [9.17, 15) is 14.0 Å². The van der Waals surface area contributed by atoms with Crippen LogP contribution in [0.2, 0.25) is 0 Å². The lowest BCUT2D eigenvalue weighted by Gasteiger charge is -2.08. The summed E-state index contributed by atoms with van der Waals surface area (Å²) < 4.78 is 31.3. The van der Waals surface area contributed by atoms with Crippen LogP contribution < -0.4 is 4.74 Å². The van der Waals surface area contributed by atoms with Gasteiger partial charge in [0.2, 0.25) is 0 Å². The summed E-state index contributed by atoms with van der Waals surface area (Å²) in [4.78, 5) is 4.42. The average molecular weight is 407 g/mol. The molecule has 0 saturated heterocycles. The van der Waals surface area contributed by atoms with Crippen LogP contribution in [0.1, 0.15) is 10.6 Å². The Morgan fingerprint density at radius 1 is 1.29 bits per heavy atom. The number of hydrogen-bond acceptors (Lipinski definition) is 4. The fourth-order valence-electron chi connectivity index (χ4n) is 2.12. The number of nitrogens with zero attached hydrogens (tertiary/aromatic N) is 2. The van der Waals surface area contributed by atoms with E-state index >= 15 is 0 Å². The van der Waals surface area contributed by atoms with E-state index in [0.29, 0.717) is 15.0 Å². The highest BCUT2D eigenvalue weighted by atomic mass is 79.9. The first-order valence-corrected chi connectivity index (χ1v) is 8.40. The monoisotopic (exact) mass is 406 g/mol. The van der Waals surface area contributed by atoms with Crippen molar-refractivity contribution >= 4 is 49.1 Å².